The first-order valence-electron chi connectivity index (χ1n) is 8.92. The summed E-state index contributed by atoms with van der Waals surface area (Å²) in [7, 11) is 2.79. The monoisotopic (exact) mass is 408 g/mol. The number of allylic oxidation sites excluding steroid dienone is 1. The van der Waals surface area contributed by atoms with Gasteiger partial charge in [-0.1, -0.05) is 42.5 Å². The smallest absolute Gasteiger partial charge is 0.319 e. The molecule has 2 aromatic carbocycles. The molecule has 2 aromatic rings. The van der Waals surface area contributed by atoms with Crippen LogP contribution in [0.5, 0.6) is 5.75 Å². The molecule has 3 rings (SSSR count). The maximum absolute atomic E-state index is 12.8. The van der Waals surface area contributed by atoms with Gasteiger partial charge in [0.1, 0.15) is 11.7 Å². The van der Waals surface area contributed by atoms with E-state index in [4.69, 9.17) is 9.47 Å². The van der Waals surface area contributed by atoms with Gasteiger partial charge in [0.15, 0.2) is 0 Å². The zero-order chi connectivity index (χ0) is 20.8. The summed E-state index contributed by atoms with van der Waals surface area (Å²) >= 11 is 1.36. The summed E-state index contributed by atoms with van der Waals surface area (Å²) in [4.78, 5) is 25.2. The number of thioether (sulfide) groups is 1. The molecule has 0 aromatic heterocycles. The molecule has 1 heterocycles. The minimum atomic E-state index is -1.14. The van der Waals surface area contributed by atoms with Crippen LogP contribution in [-0.2, 0) is 20.1 Å². The van der Waals surface area contributed by atoms with Crippen molar-refractivity contribution in [2.45, 2.75) is 11.7 Å². The SMILES string of the molecule is COC(=O)[C@H]1C(=O)NC(SCc2ccccc2)=C(C#N)[C@H]1c1ccc(OC)cc1. The van der Waals surface area contributed by atoms with Crippen molar-refractivity contribution in [1.29, 1.82) is 5.26 Å². The first-order chi connectivity index (χ1) is 14.1. The number of carbonyl (C=O) groups excluding carboxylic acids is 2. The minimum Gasteiger partial charge on any atom is -0.497 e. The van der Waals surface area contributed by atoms with Gasteiger partial charge in [-0.05, 0) is 23.3 Å². The molecule has 6 nitrogen and oxygen atoms in total. The Balaban J connectivity index is 2.02. The Bertz CT molecular complexity index is 965. The lowest BCUT2D eigenvalue weighted by atomic mass is 9.78. The molecular weight excluding hydrogens is 388 g/mol. The van der Waals surface area contributed by atoms with Crippen molar-refractivity contribution in [3.63, 3.8) is 0 Å². The first-order valence-corrected chi connectivity index (χ1v) is 9.91. The lowest BCUT2D eigenvalue weighted by molar-refractivity contribution is -0.150. The summed E-state index contributed by atoms with van der Waals surface area (Å²) in [6.45, 7) is 0. The maximum Gasteiger partial charge on any atom is 0.319 e. The molecule has 0 aliphatic carbocycles. The van der Waals surface area contributed by atoms with Gasteiger partial charge >= 0.3 is 5.97 Å². The third-order valence-corrected chi connectivity index (χ3v) is 5.77. The van der Waals surface area contributed by atoms with Crippen LogP contribution in [0.2, 0.25) is 0 Å². The molecule has 29 heavy (non-hydrogen) atoms. The van der Waals surface area contributed by atoms with Crippen molar-refractivity contribution in [3.8, 4) is 11.8 Å². The van der Waals surface area contributed by atoms with E-state index in [2.05, 4.69) is 11.4 Å². The molecule has 148 valence electrons. The number of rotatable bonds is 6. The van der Waals surface area contributed by atoms with Gasteiger partial charge < -0.3 is 14.8 Å². The van der Waals surface area contributed by atoms with Gasteiger partial charge in [0.05, 0.1) is 30.9 Å². The molecule has 0 saturated carbocycles. The minimum absolute atomic E-state index is 0.339. The van der Waals surface area contributed by atoms with E-state index in [1.54, 1.807) is 31.4 Å². The van der Waals surface area contributed by atoms with Gasteiger partial charge in [0.25, 0.3) is 0 Å². The summed E-state index contributed by atoms with van der Waals surface area (Å²) in [5, 5.41) is 13.1. The van der Waals surface area contributed by atoms with Crippen molar-refractivity contribution < 1.29 is 19.1 Å². The quantitative estimate of drug-likeness (QED) is 0.582. The zero-order valence-corrected chi connectivity index (χ0v) is 16.9. The molecule has 0 fully saturated rings. The lowest BCUT2D eigenvalue weighted by Gasteiger charge is -2.31. The third-order valence-electron chi connectivity index (χ3n) is 4.68. The Hall–Kier alpha value is -3.24. The Labute approximate surface area is 173 Å². The summed E-state index contributed by atoms with van der Waals surface area (Å²) in [5.41, 5.74) is 2.07. The van der Waals surface area contributed by atoms with Gasteiger partial charge in [-0.3, -0.25) is 9.59 Å². The van der Waals surface area contributed by atoms with Crippen LogP contribution in [0.25, 0.3) is 0 Å². The van der Waals surface area contributed by atoms with Crippen molar-refractivity contribution in [2.24, 2.45) is 5.92 Å². The molecular formula is C22H20N2O4S. The second kappa shape index (κ2) is 9.30. The van der Waals surface area contributed by atoms with Crippen LogP contribution in [0.3, 0.4) is 0 Å². The fraction of sp³-hybridized carbons (Fsp3) is 0.227. The highest BCUT2D eigenvalue weighted by atomic mass is 32.2. The molecule has 2 atom stereocenters. The van der Waals surface area contributed by atoms with E-state index in [1.807, 2.05) is 30.3 Å². The highest BCUT2D eigenvalue weighted by Gasteiger charge is 2.44. The molecule has 1 aliphatic rings. The average Bonchev–Trinajstić information content (AvgIpc) is 2.77. The Morgan fingerprint density at radius 3 is 2.41 bits per heavy atom. The van der Waals surface area contributed by atoms with Crippen LogP contribution in [-0.4, -0.2) is 26.1 Å². The predicted molar refractivity (Wildman–Crippen MR) is 110 cm³/mol. The summed E-state index contributed by atoms with van der Waals surface area (Å²) in [6, 6.07) is 18.9. The predicted octanol–water partition coefficient (Wildman–Crippen LogP) is 3.37. The van der Waals surface area contributed by atoms with E-state index < -0.39 is 23.7 Å². The Morgan fingerprint density at radius 2 is 1.83 bits per heavy atom. The Kier molecular flexibility index (Phi) is 6.57. The van der Waals surface area contributed by atoms with Gasteiger partial charge in [-0.15, -0.1) is 11.8 Å². The molecule has 1 aliphatic heterocycles. The van der Waals surface area contributed by atoms with Crippen molar-refractivity contribution in [1.82, 2.24) is 5.32 Å². The van der Waals surface area contributed by atoms with E-state index in [0.717, 1.165) is 5.56 Å². The standard InChI is InChI=1S/C22H20N2O4S/c1-27-16-10-8-15(9-11-16)18-17(12-23)21(24-20(25)19(18)22(26)28-2)29-13-14-6-4-3-5-7-14/h3-11,18-19H,13H2,1-2H3,(H,24,25)/t18-,19-/m1/s1. The van der Waals surface area contributed by atoms with E-state index in [0.29, 0.717) is 27.7 Å². The molecule has 1 N–H and O–H groups in total. The average molecular weight is 408 g/mol. The molecule has 7 heteroatoms. The highest BCUT2D eigenvalue weighted by molar-refractivity contribution is 8.02. The zero-order valence-electron chi connectivity index (χ0n) is 16.0. The second-order valence-electron chi connectivity index (χ2n) is 6.37. The van der Waals surface area contributed by atoms with Crippen LogP contribution in [0.1, 0.15) is 17.0 Å². The highest BCUT2D eigenvalue weighted by Crippen LogP contribution is 2.41. The molecule has 0 spiro atoms. The number of ether oxygens (including phenoxy) is 2. The number of hydrogen-bond donors (Lipinski definition) is 1. The summed E-state index contributed by atoms with van der Waals surface area (Å²) < 4.78 is 10.0. The first kappa shape index (κ1) is 20.5. The number of methoxy groups -OCH3 is 2. The van der Waals surface area contributed by atoms with Crippen LogP contribution in [0.4, 0.5) is 0 Å². The Morgan fingerprint density at radius 1 is 1.14 bits per heavy atom. The van der Waals surface area contributed by atoms with Crippen LogP contribution in [0.15, 0.2) is 65.2 Å². The van der Waals surface area contributed by atoms with Crippen molar-refractivity contribution in [2.75, 3.05) is 14.2 Å². The number of esters is 1. The molecule has 1 amide bonds. The largest absolute Gasteiger partial charge is 0.497 e. The fourth-order valence-corrected chi connectivity index (χ4v) is 4.22. The van der Waals surface area contributed by atoms with Crippen LogP contribution in [0, 0.1) is 17.2 Å². The van der Waals surface area contributed by atoms with E-state index in [9.17, 15) is 14.9 Å². The molecule has 0 radical (unpaired) electrons. The van der Waals surface area contributed by atoms with E-state index in [1.165, 1.54) is 18.9 Å². The summed E-state index contributed by atoms with van der Waals surface area (Å²) in [5.74, 6) is -1.80. The number of hydrogen-bond acceptors (Lipinski definition) is 6. The van der Waals surface area contributed by atoms with Crippen molar-refractivity contribution >= 4 is 23.6 Å². The van der Waals surface area contributed by atoms with E-state index >= 15 is 0 Å². The van der Waals surface area contributed by atoms with Gasteiger partial charge in [-0.2, -0.15) is 5.26 Å². The number of nitrogens with one attached hydrogen (secondary N) is 1. The number of benzene rings is 2. The van der Waals surface area contributed by atoms with Crippen LogP contribution >= 0.6 is 11.8 Å². The van der Waals surface area contributed by atoms with Gasteiger partial charge in [-0.25, -0.2) is 0 Å². The normalized spacial score (nSPS) is 18.6. The van der Waals surface area contributed by atoms with Crippen molar-refractivity contribution in [3.05, 3.63) is 76.3 Å². The lowest BCUT2D eigenvalue weighted by Crippen LogP contribution is -2.44. The van der Waals surface area contributed by atoms with Gasteiger partial charge in [0.2, 0.25) is 5.91 Å². The number of carbonyl (C=O) groups is 2. The van der Waals surface area contributed by atoms with Crippen LogP contribution < -0.4 is 10.1 Å². The fourth-order valence-electron chi connectivity index (χ4n) is 3.22. The number of nitriles is 1. The number of nitrogens with zero attached hydrogens (tertiary/aromatic N) is 1. The van der Waals surface area contributed by atoms with E-state index in [-0.39, 0.29) is 0 Å². The topological polar surface area (TPSA) is 88.4 Å². The molecule has 0 unspecified atom stereocenters. The summed E-state index contributed by atoms with van der Waals surface area (Å²) in [6.07, 6.45) is 0. The third kappa shape index (κ3) is 4.44. The maximum atomic E-state index is 12.8. The van der Waals surface area contributed by atoms with Gasteiger partial charge in [0, 0.05) is 11.7 Å². The number of amides is 1. The second-order valence-corrected chi connectivity index (χ2v) is 7.36. The molecule has 0 bridgehead atoms. The molecule has 0 saturated heterocycles.